The van der Waals surface area contributed by atoms with Crippen LogP contribution in [0.2, 0.25) is 0 Å². The lowest BCUT2D eigenvalue weighted by Gasteiger charge is -2.38. The molecule has 0 aromatic heterocycles. The van der Waals surface area contributed by atoms with Crippen molar-refractivity contribution in [3.05, 3.63) is 60.3 Å². The number of epoxide rings is 1. The van der Waals surface area contributed by atoms with Crippen LogP contribution in [-0.4, -0.2) is 227 Å². The van der Waals surface area contributed by atoms with Gasteiger partial charge in [0, 0.05) is 108 Å². The second-order valence-corrected chi connectivity index (χ2v) is 31.2. The molecule has 21 nitrogen and oxygen atoms in total. The van der Waals surface area contributed by atoms with Crippen molar-refractivity contribution in [3.63, 3.8) is 0 Å². The summed E-state index contributed by atoms with van der Waals surface area (Å²) in [5, 5.41) is 94.7. The quantitative estimate of drug-likeness (QED) is 0.0405. The molecule has 6 heterocycles. The van der Waals surface area contributed by atoms with E-state index in [1.165, 1.54) is 12.2 Å². The molecule has 32 unspecified atom stereocenters. The van der Waals surface area contributed by atoms with Gasteiger partial charge in [-0.1, -0.05) is 97.4 Å². The summed E-state index contributed by atoms with van der Waals surface area (Å²) < 4.78 is 67.5. The van der Waals surface area contributed by atoms with Gasteiger partial charge in [-0.25, -0.2) is 9.59 Å². The Morgan fingerprint density at radius 2 is 0.929 bits per heavy atom. The first-order valence-electron chi connectivity index (χ1n) is 37.5. The predicted octanol–water partition coefficient (Wildman–Crippen LogP) is 9.32. The standard InChI is InChI=1S/C78H132O21/c1-44-23-27-55(79)35-57-19-17-21-59(95-57)40-69(91-15)49(6)66(82)43-68(84)52(9)77(54(11)75(88)46(3)26-29-62-39-64(90-14)34-48(5)94-62)98-73(86)31-32-78(12)71(99-78)37-56(80)36-58-20-18-22-60(96-58)41-70(92-16)50(7)65(81)42-67(83)51(8)76(97-72(85)30-24-44)53(10)74(87)45(2)25-28-61-38-63(89-13)33-47(4)93-61/h17-20,23-24,30-32,45-71,74-77,79-84,87-88H,21-22,25-29,33-43H2,1-16H3. The maximum atomic E-state index is 14.0. The van der Waals surface area contributed by atoms with E-state index in [9.17, 15) is 50.4 Å². The molecule has 0 aromatic rings. The fourth-order valence-corrected chi connectivity index (χ4v) is 15.9. The molecule has 0 saturated carbocycles. The minimum Gasteiger partial charge on any atom is -0.458 e. The number of methoxy groups -OCH3 is 4. The normalized spacial score (nSPS) is 41.7. The number of cyclic esters (lactones) is 2. The zero-order valence-corrected chi connectivity index (χ0v) is 62.7. The van der Waals surface area contributed by atoms with E-state index in [-0.39, 0.29) is 99.2 Å². The van der Waals surface area contributed by atoms with Gasteiger partial charge in [-0.05, 0) is 129 Å². The lowest BCUT2D eigenvalue weighted by atomic mass is 9.78. The summed E-state index contributed by atoms with van der Waals surface area (Å²) in [6, 6.07) is 0. The monoisotopic (exact) mass is 1400 g/mol. The van der Waals surface area contributed by atoms with Crippen LogP contribution >= 0.6 is 0 Å². The van der Waals surface area contributed by atoms with Crippen LogP contribution in [0.5, 0.6) is 0 Å². The fourth-order valence-electron chi connectivity index (χ4n) is 15.9. The number of allylic oxidation sites excluding steroid dienone is 2. The number of fused-ring (bicyclic) bond motifs is 5. The molecule has 21 heteroatoms. The van der Waals surface area contributed by atoms with Gasteiger partial charge in [0.2, 0.25) is 0 Å². The van der Waals surface area contributed by atoms with Gasteiger partial charge >= 0.3 is 11.9 Å². The topological polar surface area (TPSA) is 301 Å². The van der Waals surface area contributed by atoms with Crippen LogP contribution in [0.3, 0.4) is 0 Å². The van der Waals surface area contributed by atoms with E-state index in [0.717, 1.165) is 25.7 Å². The number of carbonyl (C=O) groups is 2. The maximum absolute atomic E-state index is 14.0. The summed E-state index contributed by atoms with van der Waals surface area (Å²) in [5.41, 5.74) is -0.209. The largest absolute Gasteiger partial charge is 0.458 e. The highest BCUT2D eigenvalue weighted by molar-refractivity contribution is 5.83. The summed E-state index contributed by atoms with van der Waals surface area (Å²) >= 11 is 0. The van der Waals surface area contributed by atoms with Crippen LogP contribution in [0.1, 0.15) is 199 Å². The third-order valence-electron chi connectivity index (χ3n) is 23.1. The van der Waals surface area contributed by atoms with Crippen LogP contribution in [-0.2, 0) is 61.7 Å². The number of rotatable bonds is 16. The lowest BCUT2D eigenvalue weighted by molar-refractivity contribution is -0.158. The van der Waals surface area contributed by atoms with Crippen LogP contribution in [0, 0.1) is 47.3 Å². The van der Waals surface area contributed by atoms with Crippen molar-refractivity contribution in [1.82, 2.24) is 0 Å². The van der Waals surface area contributed by atoms with Gasteiger partial charge in [0.25, 0.3) is 0 Å². The van der Waals surface area contributed by atoms with E-state index in [1.807, 2.05) is 99.6 Å². The molecule has 99 heavy (non-hydrogen) atoms. The van der Waals surface area contributed by atoms with Gasteiger partial charge in [-0.15, -0.1) is 0 Å². The van der Waals surface area contributed by atoms with Gasteiger partial charge in [-0.3, -0.25) is 0 Å². The summed E-state index contributed by atoms with van der Waals surface area (Å²) in [5.74, 6) is -5.59. The molecule has 3 saturated heterocycles. The molecular weight excluding hydrogens is 1270 g/mol. The van der Waals surface area contributed by atoms with Gasteiger partial charge < -0.3 is 93.0 Å². The number of aliphatic hydroxyl groups excluding tert-OH is 8. The number of ether oxygens (including phenoxy) is 11. The van der Waals surface area contributed by atoms with Crippen molar-refractivity contribution in [2.75, 3.05) is 28.4 Å². The predicted molar refractivity (Wildman–Crippen MR) is 377 cm³/mol. The third-order valence-corrected chi connectivity index (χ3v) is 23.1. The SMILES string of the molecule is COC1CC(C)OC(CCC(C)C(O)C(C)C2OC(=O)C=CC3(C)OC3CC(O)CC3C=CCC(CC(OC)C(C)C(O)CC(O)C(C)C(C(C)C(O)C(C)CCC4CC(OC)CC(C)O4)OC(=O)C=CC(C)=CCC(O)CC4C=CCC(CC(OC)C(C)C(O)CC(O)C2C)O4)O3)C1. The van der Waals surface area contributed by atoms with Crippen molar-refractivity contribution >= 4 is 11.9 Å². The van der Waals surface area contributed by atoms with Crippen molar-refractivity contribution in [1.29, 1.82) is 0 Å². The maximum Gasteiger partial charge on any atom is 0.331 e. The molecule has 4 bridgehead atoms. The Morgan fingerprint density at radius 1 is 0.505 bits per heavy atom. The highest BCUT2D eigenvalue weighted by Gasteiger charge is 2.51. The Kier molecular flexibility index (Phi) is 35.2. The molecule has 32 atom stereocenters. The Bertz CT molecular complexity index is 2530. The van der Waals surface area contributed by atoms with Gasteiger partial charge in [-0.2, -0.15) is 0 Å². The van der Waals surface area contributed by atoms with Crippen molar-refractivity contribution < 1.29 is 103 Å². The highest BCUT2D eigenvalue weighted by atomic mass is 16.6. The van der Waals surface area contributed by atoms with E-state index in [4.69, 9.17) is 52.1 Å². The van der Waals surface area contributed by atoms with Crippen LogP contribution in [0.4, 0.5) is 0 Å². The van der Waals surface area contributed by atoms with Crippen LogP contribution in [0.25, 0.3) is 0 Å². The minimum atomic E-state index is -1.18. The molecule has 3 fully saturated rings. The molecule has 570 valence electrons. The van der Waals surface area contributed by atoms with Gasteiger partial charge in [0.15, 0.2) is 0 Å². The molecule has 0 aromatic carbocycles. The molecule has 8 N–H and O–H groups in total. The first kappa shape index (κ1) is 84.9. The fraction of sp³-hybridized carbons (Fsp3) is 0.846. The second-order valence-electron chi connectivity index (χ2n) is 31.2. The zero-order chi connectivity index (χ0) is 73.0. The molecule has 0 radical (unpaired) electrons. The van der Waals surface area contributed by atoms with E-state index in [1.54, 1.807) is 54.4 Å². The number of esters is 2. The molecule has 6 aliphatic heterocycles. The third kappa shape index (κ3) is 26.5. The van der Waals surface area contributed by atoms with E-state index < -0.39 is 145 Å². The minimum absolute atomic E-state index is 0.0314. The summed E-state index contributed by atoms with van der Waals surface area (Å²) in [4.78, 5) is 28.0. The molecule has 0 aliphatic carbocycles. The Hall–Kier alpha value is -3.04. The van der Waals surface area contributed by atoms with Crippen LogP contribution < -0.4 is 0 Å². The van der Waals surface area contributed by atoms with Crippen molar-refractivity contribution in [2.24, 2.45) is 47.3 Å². The van der Waals surface area contributed by atoms with Crippen LogP contribution in [0.15, 0.2) is 60.3 Å². The van der Waals surface area contributed by atoms with E-state index >= 15 is 0 Å². The van der Waals surface area contributed by atoms with Crippen molar-refractivity contribution in [2.45, 2.75) is 345 Å². The number of carbonyl (C=O) groups excluding carboxylic acids is 2. The number of aliphatic hydroxyl groups is 8. The van der Waals surface area contributed by atoms with Crippen molar-refractivity contribution in [3.8, 4) is 0 Å². The second kappa shape index (κ2) is 41.0. The summed E-state index contributed by atoms with van der Waals surface area (Å²) in [7, 11) is 6.58. The zero-order valence-electron chi connectivity index (χ0n) is 62.7. The smallest absolute Gasteiger partial charge is 0.331 e. The lowest BCUT2D eigenvalue weighted by Crippen LogP contribution is -2.45. The molecule has 6 aliphatic rings. The van der Waals surface area contributed by atoms with Gasteiger partial charge in [0.05, 0.1) is 128 Å². The Labute approximate surface area is 592 Å². The number of hydrogen-bond donors (Lipinski definition) is 8. The van der Waals surface area contributed by atoms with E-state index in [0.29, 0.717) is 56.9 Å². The average molecular weight is 1410 g/mol. The first-order chi connectivity index (χ1) is 46.8. The Morgan fingerprint density at radius 3 is 1.36 bits per heavy atom. The highest BCUT2D eigenvalue weighted by Crippen LogP contribution is 2.42. The first-order valence-corrected chi connectivity index (χ1v) is 37.5. The number of hydrogen-bond acceptors (Lipinski definition) is 21. The Balaban J connectivity index is 1.19. The average Bonchev–Trinajstić information content (AvgIpc) is 1.63. The molecular formula is C78H132O21. The molecule has 0 spiro atoms. The molecule has 6 rings (SSSR count). The van der Waals surface area contributed by atoms with E-state index in [2.05, 4.69) is 0 Å². The van der Waals surface area contributed by atoms with Gasteiger partial charge in [0.1, 0.15) is 17.8 Å². The summed E-state index contributed by atoms with van der Waals surface area (Å²) in [6.45, 7) is 22.5. The summed E-state index contributed by atoms with van der Waals surface area (Å²) in [6.07, 6.45) is 11.6. The molecule has 0 amide bonds.